The summed E-state index contributed by atoms with van der Waals surface area (Å²) in [6.45, 7) is 1.54. The zero-order valence-corrected chi connectivity index (χ0v) is 20.1. The topological polar surface area (TPSA) is 142 Å². The minimum absolute atomic E-state index is 0.0262. The van der Waals surface area contributed by atoms with Gasteiger partial charge in [-0.1, -0.05) is 13.0 Å². The predicted molar refractivity (Wildman–Crippen MR) is 126 cm³/mol. The van der Waals surface area contributed by atoms with Crippen LogP contribution in [0.3, 0.4) is 0 Å². The fourth-order valence-electron chi connectivity index (χ4n) is 5.13. The molecule has 3 aliphatic heterocycles. The Hall–Kier alpha value is -4.22. The van der Waals surface area contributed by atoms with Crippen LogP contribution in [-0.4, -0.2) is 54.6 Å². The number of nitrogens with one attached hydrogen (secondary N) is 3. The SMILES string of the molecule is COc1ccc2c(c1F)C(=O)N(CC1(c3cc4c(o3)C(C)C(C(=O)NC3CC3)C=N4)NC(=O)NC1=O)C2. The number of carbonyl (C=O) groups is 4. The molecular weight excluding hydrogens is 485 g/mol. The van der Waals surface area contributed by atoms with Crippen molar-refractivity contribution in [2.24, 2.45) is 10.9 Å². The molecule has 3 atom stereocenters. The molecule has 2 fully saturated rings. The molecule has 0 radical (unpaired) electrons. The Morgan fingerprint density at radius 3 is 2.78 bits per heavy atom. The van der Waals surface area contributed by atoms with Gasteiger partial charge in [0.05, 0.1) is 25.1 Å². The van der Waals surface area contributed by atoms with Crippen molar-refractivity contribution in [2.45, 2.75) is 43.8 Å². The van der Waals surface area contributed by atoms with E-state index in [9.17, 15) is 23.6 Å². The molecule has 2 aromatic rings. The molecule has 0 spiro atoms. The number of furan rings is 1. The first-order chi connectivity index (χ1) is 17.7. The van der Waals surface area contributed by atoms with E-state index in [1.165, 1.54) is 24.1 Å². The molecule has 3 unspecified atom stereocenters. The highest BCUT2D eigenvalue weighted by atomic mass is 19.1. The molecular formula is C25H24FN5O6. The van der Waals surface area contributed by atoms with Crippen molar-refractivity contribution in [3.63, 3.8) is 0 Å². The predicted octanol–water partition coefficient (Wildman–Crippen LogP) is 1.83. The van der Waals surface area contributed by atoms with Gasteiger partial charge in [0.1, 0.15) is 17.2 Å². The molecule has 192 valence electrons. The third-order valence-electron chi connectivity index (χ3n) is 7.36. The number of hydrogen-bond donors (Lipinski definition) is 3. The number of halogens is 1. The van der Waals surface area contributed by atoms with Crippen LogP contribution < -0.4 is 20.7 Å². The van der Waals surface area contributed by atoms with Crippen LogP contribution in [-0.2, 0) is 21.7 Å². The monoisotopic (exact) mass is 509 g/mol. The fraction of sp³-hybridized carbons (Fsp3) is 0.400. The van der Waals surface area contributed by atoms with Gasteiger partial charge in [-0.05, 0) is 24.5 Å². The second-order valence-electron chi connectivity index (χ2n) is 9.83. The number of urea groups is 1. The van der Waals surface area contributed by atoms with Crippen molar-refractivity contribution in [3.8, 4) is 5.75 Å². The number of aliphatic imine (C=N–C) groups is 1. The van der Waals surface area contributed by atoms with Crippen LogP contribution in [0.25, 0.3) is 0 Å². The van der Waals surface area contributed by atoms with Gasteiger partial charge in [0.15, 0.2) is 17.1 Å². The van der Waals surface area contributed by atoms with Crippen LogP contribution in [0.4, 0.5) is 14.9 Å². The largest absolute Gasteiger partial charge is 0.494 e. The smallest absolute Gasteiger partial charge is 0.322 e. The highest BCUT2D eigenvalue weighted by Gasteiger charge is 2.54. The molecule has 1 aromatic heterocycles. The molecule has 4 aliphatic rings. The summed E-state index contributed by atoms with van der Waals surface area (Å²) in [4.78, 5) is 56.9. The first-order valence-electron chi connectivity index (χ1n) is 12.0. The number of hydrogen-bond acceptors (Lipinski definition) is 7. The Kier molecular flexibility index (Phi) is 5.11. The van der Waals surface area contributed by atoms with Crippen molar-refractivity contribution in [2.75, 3.05) is 13.7 Å². The van der Waals surface area contributed by atoms with Crippen LogP contribution in [0.5, 0.6) is 5.75 Å². The van der Waals surface area contributed by atoms with Gasteiger partial charge in [0.25, 0.3) is 11.8 Å². The number of nitrogens with zero attached hydrogens (tertiary/aromatic N) is 2. The van der Waals surface area contributed by atoms with Gasteiger partial charge in [0.2, 0.25) is 5.91 Å². The quantitative estimate of drug-likeness (QED) is 0.507. The standard InChI is InChI=1S/C25H24FN5O6/c1-11-14(21(32)28-13-4-5-13)8-27-15-7-17(37-20(11)15)25(23(34)29-24(35)30-25)10-31-9-12-3-6-16(36-2)19(26)18(12)22(31)33/h3,6-8,11,13-14H,4-5,9-10H2,1-2H3,(H,28,32)(H2,29,30,34,35). The Bertz CT molecular complexity index is 1400. The summed E-state index contributed by atoms with van der Waals surface area (Å²) in [5.41, 5.74) is -1.04. The third kappa shape index (κ3) is 3.58. The average Bonchev–Trinajstić information content (AvgIpc) is 3.34. The van der Waals surface area contributed by atoms with Crippen molar-refractivity contribution in [3.05, 3.63) is 46.7 Å². The van der Waals surface area contributed by atoms with Gasteiger partial charge in [0, 0.05) is 30.8 Å². The van der Waals surface area contributed by atoms with Crippen molar-refractivity contribution < 1.29 is 32.7 Å². The van der Waals surface area contributed by atoms with Crippen LogP contribution in [0.15, 0.2) is 27.6 Å². The summed E-state index contributed by atoms with van der Waals surface area (Å²) >= 11 is 0. The normalized spacial score (nSPS) is 26.0. The van der Waals surface area contributed by atoms with Crippen molar-refractivity contribution in [1.82, 2.24) is 20.9 Å². The Labute approximate surface area is 210 Å². The summed E-state index contributed by atoms with van der Waals surface area (Å²) < 4.78 is 26.0. The first kappa shape index (κ1) is 23.2. The van der Waals surface area contributed by atoms with Gasteiger partial charge in [-0.15, -0.1) is 0 Å². The number of rotatable bonds is 6. The molecule has 1 aliphatic carbocycles. The molecule has 1 aromatic carbocycles. The summed E-state index contributed by atoms with van der Waals surface area (Å²) in [5, 5.41) is 7.77. The maximum absolute atomic E-state index is 14.9. The van der Waals surface area contributed by atoms with Gasteiger partial charge in [-0.2, -0.15) is 0 Å². The van der Waals surface area contributed by atoms with Gasteiger partial charge in [-0.3, -0.25) is 24.7 Å². The highest BCUT2D eigenvalue weighted by Crippen LogP contribution is 2.43. The molecule has 4 heterocycles. The second-order valence-corrected chi connectivity index (χ2v) is 9.83. The lowest BCUT2D eigenvalue weighted by Crippen LogP contribution is -2.52. The average molecular weight is 509 g/mol. The van der Waals surface area contributed by atoms with Gasteiger partial charge >= 0.3 is 6.03 Å². The second kappa shape index (κ2) is 8.15. The van der Waals surface area contributed by atoms with Crippen LogP contribution in [0.1, 0.15) is 53.1 Å². The lowest BCUT2D eigenvalue weighted by atomic mass is 9.89. The summed E-state index contributed by atoms with van der Waals surface area (Å²) in [5.74, 6) is -2.83. The van der Waals surface area contributed by atoms with Crippen LogP contribution >= 0.6 is 0 Å². The van der Waals surface area contributed by atoms with E-state index in [1.54, 1.807) is 12.3 Å². The first-order valence-corrected chi connectivity index (χ1v) is 12.0. The van der Waals surface area contributed by atoms with E-state index in [0.29, 0.717) is 17.0 Å². The number of benzene rings is 1. The highest BCUT2D eigenvalue weighted by molar-refractivity contribution is 6.08. The Morgan fingerprint density at radius 2 is 2.11 bits per heavy atom. The van der Waals surface area contributed by atoms with E-state index < -0.39 is 35.1 Å². The zero-order valence-electron chi connectivity index (χ0n) is 20.1. The van der Waals surface area contributed by atoms with Gasteiger partial charge < -0.3 is 24.7 Å². The molecule has 12 heteroatoms. The minimum atomic E-state index is -1.77. The maximum Gasteiger partial charge on any atom is 0.322 e. The summed E-state index contributed by atoms with van der Waals surface area (Å²) in [6, 6.07) is 3.98. The molecule has 1 saturated carbocycles. The van der Waals surface area contributed by atoms with E-state index >= 15 is 0 Å². The Balaban J connectivity index is 1.32. The minimum Gasteiger partial charge on any atom is -0.494 e. The molecule has 37 heavy (non-hydrogen) atoms. The maximum atomic E-state index is 14.9. The zero-order chi connectivity index (χ0) is 26.1. The molecule has 11 nitrogen and oxygen atoms in total. The van der Waals surface area contributed by atoms with Crippen LogP contribution in [0.2, 0.25) is 0 Å². The van der Waals surface area contributed by atoms with E-state index in [1.807, 2.05) is 6.92 Å². The number of methoxy groups -OCH3 is 1. The molecule has 3 N–H and O–H groups in total. The van der Waals surface area contributed by atoms with E-state index in [0.717, 1.165) is 12.8 Å². The number of imide groups is 1. The number of ether oxygens (including phenoxy) is 1. The number of carbonyl (C=O) groups excluding carboxylic acids is 4. The Morgan fingerprint density at radius 1 is 1.32 bits per heavy atom. The number of fused-ring (bicyclic) bond motifs is 2. The van der Waals surface area contributed by atoms with Crippen molar-refractivity contribution >= 4 is 35.7 Å². The third-order valence-corrected chi connectivity index (χ3v) is 7.36. The summed E-state index contributed by atoms with van der Waals surface area (Å²) in [7, 11) is 1.30. The van der Waals surface area contributed by atoms with Crippen LogP contribution in [0, 0.1) is 11.7 Å². The molecule has 1 saturated heterocycles. The van der Waals surface area contributed by atoms with Crippen molar-refractivity contribution in [1.29, 1.82) is 0 Å². The van der Waals surface area contributed by atoms with E-state index in [2.05, 4.69) is 20.9 Å². The molecule has 6 rings (SSSR count). The van der Waals surface area contributed by atoms with Gasteiger partial charge in [-0.25, -0.2) is 9.18 Å². The molecule has 0 bridgehead atoms. The van der Waals surface area contributed by atoms with E-state index in [4.69, 9.17) is 9.15 Å². The van der Waals surface area contributed by atoms with E-state index in [-0.39, 0.29) is 48.0 Å². The molecule has 5 amide bonds. The fourth-order valence-corrected chi connectivity index (χ4v) is 5.13. The lowest BCUT2D eigenvalue weighted by Gasteiger charge is -2.29. The summed E-state index contributed by atoms with van der Waals surface area (Å²) in [6.07, 6.45) is 3.46. The lowest BCUT2D eigenvalue weighted by molar-refractivity contribution is -0.126. The number of amides is 5.